The second kappa shape index (κ2) is 8.52. The molecule has 0 bridgehead atoms. The number of hydrogen-bond acceptors (Lipinski definition) is 13. The van der Waals surface area contributed by atoms with Gasteiger partial charge in [0.25, 0.3) is 11.8 Å². The van der Waals surface area contributed by atoms with Crippen molar-refractivity contribution in [3.05, 3.63) is 11.6 Å². The first kappa shape index (κ1) is 23.1. The number of rotatable bonds is 5. The number of aliphatic hydroxyl groups excluding tert-OH is 8. The topological polar surface area (TPSA) is 236 Å². The molecule has 0 aromatic heterocycles. The van der Waals surface area contributed by atoms with Crippen LogP contribution in [0.3, 0.4) is 0 Å². The number of ether oxygens (including phenoxy) is 3. The van der Waals surface area contributed by atoms with E-state index in [-0.39, 0.29) is 0 Å². The molecule has 3 rings (SSSR count). The summed E-state index contributed by atoms with van der Waals surface area (Å²) in [5.41, 5.74) is -2.94. The minimum absolute atomic E-state index is 0.545. The van der Waals surface area contributed by atoms with Crippen LogP contribution in [0.15, 0.2) is 11.6 Å². The van der Waals surface area contributed by atoms with Gasteiger partial charge in [-0.2, -0.15) is 0 Å². The van der Waals surface area contributed by atoms with Crippen molar-refractivity contribution in [1.82, 2.24) is 5.32 Å². The largest absolute Gasteiger partial charge is 0.394 e. The number of aliphatic hydroxyl groups is 8. The van der Waals surface area contributed by atoms with E-state index < -0.39 is 91.5 Å². The summed E-state index contributed by atoms with van der Waals surface area (Å²) in [6.07, 6.45) is -15.9. The minimum Gasteiger partial charge on any atom is -0.394 e. The molecule has 0 spiro atoms. The summed E-state index contributed by atoms with van der Waals surface area (Å²) in [5, 5.41) is 81.6. The molecule has 0 aromatic carbocycles. The molecule has 14 heteroatoms. The zero-order chi connectivity index (χ0) is 22.4. The number of imide groups is 1. The Kier molecular flexibility index (Phi) is 6.57. The highest BCUT2D eigenvalue weighted by Crippen LogP contribution is 2.38. The number of carbonyl (C=O) groups excluding carboxylic acids is 2. The first-order chi connectivity index (χ1) is 14.1. The number of carbonyl (C=O) groups is 2. The summed E-state index contributed by atoms with van der Waals surface area (Å²) in [5.74, 6) is -1.89. The van der Waals surface area contributed by atoms with Crippen LogP contribution in [0.25, 0.3) is 0 Å². The molecule has 9 N–H and O–H groups in total. The van der Waals surface area contributed by atoms with E-state index in [1.165, 1.54) is 0 Å². The molecule has 0 aromatic rings. The third-order valence-electron chi connectivity index (χ3n) is 5.33. The molecule has 14 nitrogen and oxygen atoms in total. The summed E-state index contributed by atoms with van der Waals surface area (Å²) in [4.78, 5) is 23.6. The van der Waals surface area contributed by atoms with Gasteiger partial charge in [0, 0.05) is 6.08 Å². The predicted octanol–water partition coefficient (Wildman–Crippen LogP) is -6.44. The van der Waals surface area contributed by atoms with Gasteiger partial charge in [0.2, 0.25) is 0 Å². The molecule has 170 valence electrons. The summed E-state index contributed by atoms with van der Waals surface area (Å²) in [7, 11) is 0. The average molecular weight is 437 g/mol. The maximum Gasteiger partial charge on any atom is 0.257 e. The highest BCUT2D eigenvalue weighted by molar-refractivity contribution is 6.17. The van der Waals surface area contributed by atoms with Crippen LogP contribution >= 0.6 is 0 Å². The molecule has 2 saturated heterocycles. The van der Waals surface area contributed by atoms with Gasteiger partial charge in [-0.15, -0.1) is 0 Å². The first-order valence-electron chi connectivity index (χ1n) is 8.93. The molecule has 2 amide bonds. The Labute approximate surface area is 168 Å². The highest BCUT2D eigenvalue weighted by atomic mass is 16.7. The van der Waals surface area contributed by atoms with Gasteiger partial charge in [-0.1, -0.05) is 0 Å². The average Bonchev–Trinajstić information content (AvgIpc) is 3.06. The SMILES string of the molecule is O=C1C=C([C@]2(CO)O[C@H](O[C@H]3[C@H](O)[C@@H](O)[C@H](O)O[C@@H]3CO)[C@H](O)[C@@H](O)[C@H]2O)C(=O)N1. The first-order valence-corrected chi connectivity index (χ1v) is 8.93. The third-order valence-corrected chi connectivity index (χ3v) is 5.33. The molecular weight excluding hydrogens is 414 g/mol. The van der Waals surface area contributed by atoms with E-state index in [2.05, 4.69) is 0 Å². The zero-order valence-corrected chi connectivity index (χ0v) is 15.3. The van der Waals surface area contributed by atoms with Gasteiger partial charge in [-0.3, -0.25) is 14.9 Å². The minimum atomic E-state index is -2.40. The fourth-order valence-electron chi connectivity index (χ4n) is 3.63. The van der Waals surface area contributed by atoms with Crippen molar-refractivity contribution < 1.29 is 64.7 Å². The molecule has 0 radical (unpaired) electrons. The summed E-state index contributed by atoms with van der Waals surface area (Å²) < 4.78 is 15.7. The van der Waals surface area contributed by atoms with Crippen LogP contribution in [0.2, 0.25) is 0 Å². The molecule has 3 aliphatic rings. The smallest absolute Gasteiger partial charge is 0.257 e. The number of hydrogen-bond donors (Lipinski definition) is 9. The van der Waals surface area contributed by atoms with Gasteiger partial charge in [-0.05, 0) is 0 Å². The molecule has 0 unspecified atom stereocenters. The number of amides is 2. The van der Waals surface area contributed by atoms with Crippen molar-refractivity contribution in [1.29, 1.82) is 0 Å². The molecular formula is C16H23NO13. The van der Waals surface area contributed by atoms with Crippen LogP contribution in [-0.4, -0.2) is 127 Å². The molecule has 2 fully saturated rings. The van der Waals surface area contributed by atoms with E-state index in [1.807, 2.05) is 5.32 Å². The van der Waals surface area contributed by atoms with E-state index in [1.54, 1.807) is 0 Å². The molecule has 30 heavy (non-hydrogen) atoms. The van der Waals surface area contributed by atoms with E-state index in [4.69, 9.17) is 14.2 Å². The monoisotopic (exact) mass is 437 g/mol. The maximum absolute atomic E-state index is 12.1. The van der Waals surface area contributed by atoms with Crippen molar-refractivity contribution in [3.63, 3.8) is 0 Å². The second-order valence-corrected chi connectivity index (χ2v) is 7.17. The summed E-state index contributed by atoms with van der Waals surface area (Å²) in [6.45, 7) is -1.93. The lowest BCUT2D eigenvalue weighted by Crippen LogP contribution is -2.69. The lowest BCUT2D eigenvalue weighted by atomic mass is 9.81. The fourth-order valence-corrected chi connectivity index (χ4v) is 3.63. The van der Waals surface area contributed by atoms with Crippen LogP contribution in [0.5, 0.6) is 0 Å². The Morgan fingerprint density at radius 2 is 1.67 bits per heavy atom. The Bertz CT molecular complexity index is 713. The quantitative estimate of drug-likeness (QED) is 0.182. The van der Waals surface area contributed by atoms with E-state index in [0.717, 1.165) is 6.08 Å². The van der Waals surface area contributed by atoms with Crippen LogP contribution in [0, 0.1) is 0 Å². The fraction of sp³-hybridized carbons (Fsp3) is 0.750. The molecule has 3 aliphatic heterocycles. The van der Waals surface area contributed by atoms with Crippen molar-refractivity contribution in [2.45, 2.75) is 60.9 Å². The standard InChI is InChI=1S/C16H23NO13/c18-2-5-11(7(21)9(23)14(27)28-5)29-15-10(24)8(22)12(25)16(3-19,30-15)4-1-6(20)17-13(4)26/h1,5,7-12,14-15,18-19,21-25,27H,2-3H2,(H,17,20,26)/t5-,7-,8-,9-,10-,11-,12-,14-,15+,16+/m1/s1. The van der Waals surface area contributed by atoms with Gasteiger partial charge < -0.3 is 55.1 Å². The maximum atomic E-state index is 12.1. The van der Waals surface area contributed by atoms with Crippen LogP contribution in [-0.2, 0) is 23.8 Å². The Morgan fingerprint density at radius 3 is 2.20 bits per heavy atom. The second-order valence-electron chi connectivity index (χ2n) is 7.17. The van der Waals surface area contributed by atoms with Crippen LogP contribution < -0.4 is 5.32 Å². The summed E-state index contributed by atoms with van der Waals surface area (Å²) in [6, 6.07) is 0. The Morgan fingerprint density at radius 1 is 1.00 bits per heavy atom. The van der Waals surface area contributed by atoms with Gasteiger partial charge in [0.15, 0.2) is 18.2 Å². The van der Waals surface area contributed by atoms with Crippen molar-refractivity contribution in [3.8, 4) is 0 Å². The zero-order valence-electron chi connectivity index (χ0n) is 15.3. The van der Waals surface area contributed by atoms with Crippen LogP contribution in [0.1, 0.15) is 0 Å². The lowest BCUT2D eigenvalue weighted by molar-refractivity contribution is -0.368. The summed E-state index contributed by atoms with van der Waals surface area (Å²) >= 11 is 0. The highest BCUT2D eigenvalue weighted by Gasteiger charge is 2.59. The number of nitrogens with one attached hydrogen (secondary N) is 1. The Balaban J connectivity index is 1.92. The molecule has 10 atom stereocenters. The lowest BCUT2D eigenvalue weighted by Gasteiger charge is -2.49. The van der Waals surface area contributed by atoms with E-state index >= 15 is 0 Å². The van der Waals surface area contributed by atoms with Crippen molar-refractivity contribution in [2.75, 3.05) is 13.2 Å². The third kappa shape index (κ3) is 3.65. The molecule has 0 aliphatic carbocycles. The van der Waals surface area contributed by atoms with Crippen molar-refractivity contribution >= 4 is 11.8 Å². The van der Waals surface area contributed by atoms with Crippen LogP contribution in [0.4, 0.5) is 0 Å². The molecule has 0 saturated carbocycles. The van der Waals surface area contributed by atoms with Gasteiger partial charge in [-0.25, -0.2) is 0 Å². The molecule has 3 heterocycles. The van der Waals surface area contributed by atoms with E-state index in [9.17, 15) is 50.4 Å². The van der Waals surface area contributed by atoms with Gasteiger partial charge in [0.05, 0.1) is 18.8 Å². The predicted molar refractivity (Wildman–Crippen MR) is 88.8 cm³/mol. The Hall–Kier alpha value is -1.56. The van der Waals surface area contributed by atoms with E-state index in [0.29, 0.717) is 0 Å². The van der Waals surface area contributed by atoms with Gasteiger partial charge in [0.1, 0.15) is 42.7 Å². The normalized spacial score (nSPS) is 47.2. The van der Waals surface area contributed by atoms with Gasteiger partial charge >= 0.3 is 0 Å². The van der Waals surface area contributed by atoms with Crippen molar-refractivity contribution in [2.24, 2.45) is 0 Å².